The van der Waals surface area contributed by atoms with Crippen LogP contribution in [0.25, 0.3) is 28.0 Å². The molecule has 3 heterocycles. The topological polar surface area (TPSA) is 126 Å². The number of phenols is 2. The quantitative estimate of drug-likeness (QED) is 0.275. The van der Waals surface area contributed by atoms with E-state index in [-0.39, 0.29) is 29.3 Å². The molecule has 0 bridgehead atoms. The Hall–Kier alpha value is -4.21. The van der Waals surface area contributed by atoms with Gasteiger partial charge in [0.15, 0.2) is 5.82 Å². The molecule has 1 aliphatic heterocycles. The predicted octanol–water partition coefficient (Wildman–Crippen LogP) is 5.75. The van der Waals surface area contributed by atoms with Crippen molar-refractivity contribution in [2.24, 2.45) is 5.92 Å². The van der Waals surface area contributed by atoms with E-state index in [0.717, 1.165) is 36.7 Å². The first-order valence-corrected chi connectivity index (χ1v) is 14.2. The van der Waals surface area contributed by atoms with Gasteiger partial charge in [-0.25, -0.2) is 19.3 Å². The lowest BCUT2D eigenvalue weighted by molar-refractivity contribution is 0.0180. The summed E-state index contributed by atoms with van der Waals surface area (Å²) in [7, 11) is 0. The average molecular weight is 562 g/mol. The summed E-state index contributed by atoms with van der Waals surface area (Å²) in [6.45, 7) is 11.8. The number of likely N-dealkylation sites (tertiary alicyclic amines) is 1. The molecule has 41 heavy (non-hydrogen) atoms. The molecule has 3 N–H and O–H groups in total. The Bertz CT molecular complexity index is 1620. The second kappa shape index (κ2) is 11.0. The number of nitrogens with one attached hydrogen (secondary N) is 1. The van der Waals surface area contributed by atoms with Crippen molar-refractivity contribution in [2.75, 3.05) is 13.1 Å². The molecule has 10 heteroatoms. The summed E-state index contributed by atoms with van der Waals surface area (Å²) in [6.07, 6.45) is 4.75. The average Bonchev–Trinajstić information content (AvgIpc) is 3.49. The summed E-state index contributed by atoms with van der Waals surface area (Å²) in [5, 5.41) is 28.6. The maximum Gasteiger partial charge on any atom is 0.410 e. The SMILES string of the molecule is CC(C)c1cc(-c2n[nH]c(=O)n2-c2ccc3c(ccn3CCC3CCN(C(=O)OC(C)(C)C)CC3)c2)c(O)cc1O. The molecule has 1 fully saturated rings. The van der Waals surface area contributed by atoms with Crippen molar-refractivity contribution in [3.05, 3.63) is 58.6 Å². The number of amides is 1. The van der Waals surface area contributed by atoms with Gasteiger partial charge in [-0.2, -0.15) is 5.10 Å². The van der Waals surface area contributed by atoms with Crippen molar-refractivity contribution < 1.29 is 19.7 Å². The number of aromatic nitrogens is 4. The summed E-state index contributed by atoms with van der Waals surface area (Å²) in [4.78, 5) is 27.0. The van der Waals surface area contributed by atoms with Crippen LogP contribution in [0.3, 0.4) is 0 Å². The first-order valence-electron chi connectivity index (χ1n) is 14.2. The van der Waals surface area contributed by atoms with Gasteiger partial charge in [0.2, 0.25) is 0 Å². The van der Waals surface area contributed by atoms with Crippen LogP contribution >= 0.6 is 0 Å². The highest BCUT2D eigenvalue weighted by molar-refractivity contribution is 5.83. The Morgan fingerprint density at radius 3 is 2.51 bits per heavy atom. The van der Waals surface area contributed by atoms with Gasteiger partial charge in [-0.15, -0.1) is 0 Å². The Morgan fingerprint density at radius 1 is 1.10 bits per heavy atom. The summed E-state index contributed by atoms with van der Waals surface area (Å²) in [5.74, 6) is 0.664. The number of carbonyl (C=O) groups excluding carboxylic acids is 1. The van der Waals surface area contributed by atoms with Gasteiger partial charge in [-0.05, 0) is 87.8 Å². The lowest BCUT2D eigenvalue weighted by atomic mass is 9.94. The van der Waals surface area contributed by atoms with Crippen LogP contribution in [0.2, 0.25) is 0 Å². The van der Waals surface area contributed by atoms with Gasteiger partial charge in [-0.1, -0.05) is 13.8 Å². The molecule has 0 spiro atoms. The van der Waals surface area contributed by atoms with Crippen LogP contribution in [-0.4, -0.2) is 59.2 Å². The molecule has 0 atom stereocenters. The van der Waals surface area contributed by atoms with Gasteiger partial charge in [0.05, 0.1) is 11.3 Å². The molecule has 5 rings (SSSR count). The van der Waals surface area contributed by atoms with E-state index in [1.54, 1.807) is 6.07 Å². The Labute approximate surface area is 239 Å². The molecule has 0 unspecified atom stereocenters. The number of H-pyrrole nitrogens is 1. The van der Waals surface area contributed by atoms with Crippen LogP contribution in [0, 0.1) is 5.92 Å². The monoisotopic (exact) mass is 561 g/mol. The number of ether oxygens (including phenoxy) is 1. The van der Waals surface area contributed by atoms with E-state index in [4.69, 9.17) is 4.74 Å². The van der Waals surface area contributed by atoms with E-state index in [1.807, 2.05) is 63.8 Å². The van der Waals surface area contributed by atoms with E-state index in [1.165, 1.54) is 10.6 Å². The molecule has 1 amide bonds. The Balaban J connectivity index is 1.31. The van der Waals surface area contributed by atoms with Crippen molar-refractivity contribution in [3.8, 4) is 28.6 Å². The number of hydrogen-bond acceptors (Lipinski definition) is 6. The zero-order chi connectivity index (χ0) is 29.5. The number of piperidine rings is 1. The lowest BCUT2D eigenvalue weighted by Gasteiger charge is -2.33. The number of carbonyl (C=O) groups is 1. The maximum atomic E-state index is 12.8. The molecule has 218 valence electrons. The third kappa shape index (κ3) is 5.96. The summed E-state index contributed by atoms with van der Waals surface area (Å²) in [6, 6.07) is 10.8. The largest absolute Gasteiger partial charge is 0.508 e. The minimum absolute atomic E-state index is 0.00188. The minimum Gasteiger partial charge on any atom is -0.508 e. The summed E-state index contributed by atoms with van der Waals surface area (Å²) < 4.78 is 9.17. The highest BCUT2D eigenvalue weighted by Crippen LogP contribution is 2.37. The normalized spacial score (nSPS) is 14.7. The van der Waals surface area contributed by atoms with Gasteiger partial charge in [-0.3, -0.25) is 0 Å². The van der Waals surface area contributed by atoms with Gasteiger partial charge >= 0.3 is 11.8 Å². The van der Waals surface area contributed by atoms with E-state index in [2.05, 4.69) is 21.0 Å². The van der Waals surface area contributed by atoms with Crippen LogP contribution in [0.1, 0.15) is 65.4 Å². The third-order valence-electron chi connectivity index (χ3n) is 7.74. The zero-order valence-electron chi connectivity index (χ0n) is 24.3. The lowest BCUT2D eigenvalue weighted by Crippen LogP contribution is -2.41. The van der Waals surface area contributed by atoms with Crippen molar-refractivity contribution in [1.82, 2.24) is 24.2 Å². The number of aromatic amines is 1. The second-order valence-electron chi connectivity index (χ2n) is 12.2. The Kier molecular flexibility index (Phi) is 7.59. The van der Waals surface area contributed by atoms with Gasteiger partial charge in [0.25, 0.3) is 0 Å². The van der Waals surface area contributed by atoms with Gasteiger partial charge < -0.3 is 24.4 Å². The highest BCUT2D eigenvalue weighted by Gasteiger charge is 2.27. The molecule has 1 aliphatic rings. The van der Waals surface area contributed by atoms with Gasteiger partial charge in [0, 0.05) is 42.8 Å². The summed E-state index contributed by atoms with van der Waals surface area (Å²) >= 11 is 0. The molecule has 0 saturated carbocycles. The number of rotatable bonds is 6. The molecule has 2 aromatic heterocycles. The first kappa shape index (κ1) is 28.3. The van der Waals surface area contributed by atoms with E-state index < -0.39 is 11.3 Å². The number of phenolic OH excluding ortho intramolecular Hbond substituents is 2. The zero-order valence-corrected chi connectivity index (χ0v) is 24.3. The number of hydrogen-bond donors (Lipinski definition) is 3. The van der Waals surface area contributed by atoms with Crippen LogP contribution in [0.5, 0.6) is 11.5 Å². The first-order chi connectivity index (χ1) is 19.4. The number of fused-ring (bicyclic) bond motifs is 1. The van der Waals surface area contributed by atoms with Crippen LogP contribution in [0.4, 0.5) is 4.79 Å². The fourth-order valence-electron chi connectivity index (χ4n) is 5.53. The van der Waals surface area contributed by atoms with Crippen molar-refractivity contribution in [2.45, 2.75) is 71.9 Å². The number of aryl methyl sites for hydroxylation is 1. The fraction of sp³-hybridized carbons (Fsp3) is 0.452. The molecule has 10 nitrogen and oxygen atoms in total. The number of aromatic hydroxyl groups is 2. The third-order valence-corrected chi connectivity index (χ3v) is 7.74. The Morgan fingerprint density at radius 2 is 1.83 bits per heavy atom. The number of benzene rings is 2. The van der Waals surface area contributed by atoms with Crippen molar-refractivity contribution in [3.63, 3.8) is 0 Å². The van der Waals surface area contributed by atoms with Crippen molar-refractivity contribution >= 4 is 17.0 Å². The van der Waals surface area contributed by atoms with Gasteiger partial charge in [0.1, 0.15) is 17.1 Å². The second-order valence-corrected chi connectivity index (χ2v) is 12.2. The van der Waals surface area contributed by atoms with E-state index in [0.29, 0.717) is 35.8 Å². The van der Waals surface area contributed by atoms with E-state index in [9.17, 15) is 19.8 Å². The van der Waals surface area contributed by atoms with Crippen LogP contribution in [0.15, 0.2) is 47.4 Å². The predicted molar refractivity (Wildman–Crippen MR) is 158 cm³/mol. The molecular formula is C31H39N5O5. The molecule has 0 radical (unpaired) electrons. The summed E-state index contributed by atoms with van der Waals surface area (Å²) in [5.41, 5.74) is 1.80. The smallest absolute Gasteiger partial charge is 0.410 e. The minimum atomic E-state index is -0.485. The molecule has 4 aromatic rings. The molecule has 2 aromatic carbocycles. The van der Waals surface area contributed by atoms with Crippen LogP contribution < -0.4 is 5.69 Å². The fourth-order valence-corrected chi connectivity index (χ4v) is 5.53. The van der Waals surface area contributed by atoms with Crippen LogP contribution in [-0.2, 0) is 11.3 Å². The molecule has 0 aliphatic carbocycles. The number of nitrogens with zero attached hydrogens (tertiary/aromatic N) is 4. The van der Waals surface area contributed by atoms with Crippen molar-refractivity contribution in [1.29, 1.82) is 0 Å². The molecular weight excluding hydrogens is 522 g/mol. The van der Waals surface area contributed by atoms with E-state index >= 15 is 0 Å². The maximum absolute atomic E-state index is 12.8. The standard InChI is InChI=1S/C31H39N5O5/c1-19(2)23-17-24(27(38)18-26(23)37)28-32-33-29(39)36(28)22-6-7-25-21(16-22)11-15-34(25)12-8-20-9-13-35(14-10-20)30(40)41-31(3,4)5/h6-7,11,15-20,37-38H,8-10,12-14H2,1-5H3,(H,33,39). The highest BCUT2D eigenvalue weighted by atomic mass is 16.6. The molecule has 1 saturated heterocycles.